The number of hydrogen-bond acceptors (Lipinski definition) is 5. The van der Waals surface area contributed by atoms with Gasteiger partial charge in [0.15, 0.2) is 0 Å². The minimum absolute atomic E-state index is 0.178. The summed E-state index contributed by atoms with van der Waals surface area (Å²) in [5.41, 5.74) is 0. The molecule has 0 saturated carbocycles. The molecule has 1 fully saturated rings. The standard InChI is InChI=1S/C8H15NO5/c10-5-1-2-14-6(8(5)13)3-9-4-7(11)12/h5-6,8-10,13H,1-4H2,(H,11,12)/t5?,6?,8-/m0/s1. The van der Waals surface area contributed by atoms with E-state index in [1.165, 1.54) is 0 Å². The molecule has 82 valence electrons. The highest BCUT2D eigenvalue weighted by molar-refractivity contribution is 5.68. The van der Waals surface area contributed by atoms with Gasteiger partial charge >= 0.3 is 5.97 Å². The van der Waals surface area contributed by atoms with Crippen LogP contribution in [0.25, 0.3) is 0 Å². The summed E-state index contributed by atoms with van der Waals surface area (Å²) in [5.74, 6) is -0.962. The van der Waals surface area contributed by atoms with Gasteiger partial charge in [0.25, 0.3) is 0 Å². The van der Waals surface area contributed by atoms with Crippen LogP contribution < -0.4 is 5.32 Å². The minimum atomic E-state index is -0.962. The van der Waals surface area contributed by atoms with Crippen LogP contribution in [0.4, 0.5) is 0 Å². The van der Waals surface area contributed by atoms with Crippen molar-refractivity contribution >= 4 is 5.97 Å². The minimum Gasteiger partial charge on any atom is -0.480 e. The maximum absolute atomic E-state index is 10.2. The predicted octanol–water partition coefficient (Wildman–Crippen LogP) is -1.83. The normalized spacial score (nSPS) is 32.9. The van der Waals surface area contributed by atoms with E-state index < -0.39 is 24.3 Å². The van der Waals surface area contributed by atoms with Gasteiger partial charge in [-0.25, -0.2) is 0 Å². The van der Waals surface area contributed by atoms with Gasteiger partial charge in [0.2, 0.25) is 0 Å². The molecule has 3 atom stereocenters. The second kappa shape index (κ2) is 5.26. The number of carbonyl (C=O) groups is 1. The highest BCUT2D eigenvalue weighted by atomic mass is 16.5. The zero-order valence-corrected chi connectivity index (χ0v) is 7.72. The van der Waals surface area contributed by atoms with Crippen molar-refractivity contribution in [1.29, 1.82) is 0 Å². The van der Waals surface area contributed by atoms with Crippen molar-refractivity contribution in [2.75, 3.05) is 19.7 Å². The molecule has 0 aromatic carbocycles. The van der Waals surface area contributed by atoms with Gasteiger partial charge in [-0.05, 0) is 6.42 Å². The SMILES string of the molecule is O=C(O)CNCC1OCCC(O)[C@@H]1O. The first-order chi connectivity index (χ1) is 6.61. The Bertz CT molecular complexity index is 198. The molecule has 0 aliphatic carbocycles. The largest absolute Gasteiger partial charge is 0.480 e. The lowest BCUT2D eigenvalue weighted by molar-refractivity contribution is -0.139. The van der Waals surface area contributed by atoms with Crippen molar-refractivity contribution in [3.05, 3.63) is 0 Å². The molecule has 1 saturated heterocycles. The molecule has 1 aliphatic heterocycles. The van der Waals surface area contributed by atoms with E-state index in [1.54, 1.807) is 0 Å². The number of ether oxygens (including phenoxy) is 1. The van der Waals surface area contributed by atoms with Gasteiger partial charge in [-0.2, -0.15) is 0 Å². The fourth-order valence-corrected chi connectivity index (χ4v) is 1.36. The third-order valence-corrected chi connectivity index (χ3v) is 2.14. The van der Waals surface area contributed by atoms with Gasteiger partial charge in [0.1, 0.15) is 6.10 Å². The molecular formula is C8H15NO5. The van der Waals surface area contributed by atoms with E-state index in [2.05, 4.69) is 5.32 Å². The predicted molar refractivity (Wildman–Crippen MR) is 46.9 cm³/mol. The Balaban J connectivity index is 2.25. The van der Waals surface area contributed by atoms with Gasteiger partial charge in [0.05, 0.1) is 18.8 Å². The Morgan fingerprint density at radius 1 is 1.50 bits per heavy atom. The molecule has 0 radical (unpaired) electrons. The average Bonchev–Trinajstić information content (AvgIpc) is 2.12. The molecule has 2 unspecified atom stereocenters. The Morgan fingerprint density at radius 2 is 2.21 bits per heavy atom. The first-order valence-electron chi connectivity index (χ1n) is 4.51. The number of hydrogen-bond donors (Lipinski definition) is 4. The number of nitrogens with one attached hydrogen (secondary N) is 1. The number of aliphatic hydroxyl groups is 2. The summed E-state index contributed by atoms with van der Waals surface area (Å²) in [6.07, 6.45) is -1.83. The molecule has 1 rings (SSSR count). The van der Waals surface area contributed by atoms with Crippen molar-refractivity contribution in [1.82, 2.24) is 5.32 Å². The molecule has 0 aromatic rings. The summed E-state index contributed by atoms with van der Waals surface area (Å²) in [4.78, 5) is 10.2. The van der Waals surface area contributed by atoms with Gasteiger partial charge in [0, 0.05) is 13.2 Å². The fraction of sp³-hybridized carbons (Fsp3) is 0.875. The number of carboxylic acids is 1. The van der Waals surface area contributed by atoms with Crippen molar-refractivity contribution in [3.63, 3.8) is 0 Å². The van der Waals surface area contributed by atoms with Crippen molar-refractivity contribution < 1.29 is 24.9 Å². The Kier molecular flexibility index (Phi) is 4.27. The van der Waals surface area contributed by atoms with Gasteiger partial charge in [-0.3, -0.25) is 4.79 Å². The van der Waals surface area contributed by atoms with Crippen LogP contribution in [0, 0.1) is 0 Å². The zero-order chi connectivity index (χ0) is 10.6. The summed E-state index contributed by atoms with van der Waals surface area (Å²) < 4.78 is 5.18. The Hall–Kier alpha value is -0.690. The highest BCUT2D eigenvalue weighted by Crippen LogP contribution is 2.13. The lowest BCUT2D eigenvalue weighted by Gasteiger charge is -2.31. The smallest absolute Gasteiger partial charge is 0.317 e. The summed E-state index contributed by atoms with van der Waals surface area (Å²) >= 11 is 0. The molecule has 6 heteroatoms. The van der Waals surface area contributed by atoms with Crippen molar-refractivity contribution in [2.24, 2.45) is 0 Å². The molecule has 14 heavy (non-hydrogen) atoms. The molecule has 6 nitrogen and oxygen atoms in total. The van der Waals surface area contributed by atoms with Crippen LogP contribution in [-0.4, -0.2) is 59.3 Å². The lowest BCUT2D eigenvalue weighted by Crippen LogP contribution is -2.49. The molecular weight excluding hydrogens is 190 g/mol. The number of carboxylic acid groups (broad SMARTS) is 1. The molecule has 1 heterocycles. The Morgan fingerprint density at radius 3 is 2.86 bits per heavy atom. The van der Waals surface area contributed by atoms with Crippen LogP contribution in [0.5, 0.6) is 0 Å². The second-order valence-electron chi connectivity index (χ2n) is 3.28. The van der Waals surface area contributed by atoms with E-state index in [-0.39, 0.29) is 13.1 Å². The topological polar surface area (TPSA) is 99.0 Å². The second-order valence-corrected chi connectivity index (χ2v) is 3.28. The Labute approximate surface area is 81.5 Å². The fourth-order valence-electron chi connectivity index (χ4n) is 1.36. The third-order valence-electron chi connectivity index (χ3n) is 2.14. The molecule has 0 bridgehead atoms. The van der Waals surface area contributed by atoms with Gasteiger partial charge in [-0.1, -0.05) is 0 Å². The number of aliphatic carboxylic acids is 1. The monoisotopic (exact) mass is 205 g/mol. The quantitative estimate of drug-likeness (QED) is 0.431. The van der Waals surface area contributed by atoms with Gasteiger partial charge in [-0.15, -0.1) is 0 Å². The van der Waals surface area contributed by atoms with Crippen LogP contribution in [0.2, 0.25) is 0 Å². The molecule has 1 aliphatic rings. The van der Waals surface area contributed by atoms with E-state index in [0.717, 1.165) is 0 Å². The van der Waals surface area contributed by atoms with E-state index >= 15 is 0 Å². The van der Waals surface area contributed by atoms with Crippen LogP contribution in [-0.2, 0) is 9.53 Å². The molecule has 0 spiro atoms. The molecule has 0 aromatic heterocycles. The van der Waals surface area contributed by atoms with E-state index in [4.69, 9.17) is 9.84 Å². The van der Waals surface area contributed by atoms with Crippen LogP contribution in [0.3, 0.4) is 0 Å². The van der Waals surface area contributed by atoms with E-state index in [0.29, 0.717) is 13.0 Å². The lowest BCUT2D eigenvalue weighted by atomic mass is 10.0. The molecule has 0 amide bonds. The highest BCUT2D eigenvalue weighted by Gasteiger charge is 2.30. The summed E-state index contributed by atoms with van der Waals surface area (Å²) in [6.45, 7) is 0.435. The maximum Gasteiger partial charge on any atom is 0.317 e. The summed E-state index contributed by atoms with van der Waals surface area (Å²) in [7, 11) is 0. The molecule has 4 N–H and O–H groups in total. The van der Waals surface area contributed by atoms with Crippen LogP contribution >= 0.6 is 0 Å². The summed E-state index contributed by atoms with van der Waals surface area (Å²) in [5, 5.41) is 29.7. The van der Waals surface area contributed by atoms with Crippen molar-refractivity contribution in [2.45, 2.75) is 24.7 Å². The first kappa shape index (κ1) is 11.4. The van der Waals surface area contributed by atoms with E-state index in [9.17, 15) is 15.0 Å². The third kappa shape index (κ3) is 3.22. The van der Waals surface area contributed by atoms with Crippen molar-refractivity contribution in [3.8, 4) is 0 Å². The van der Waals surface area contributed by atoms with Gasteiger partial charge < -0.3 is 25.4 Å². The zero-order valence-electron chi connectivity index (χ0n) is 7.72. The van der Waals surface area contributed by atoms with Crippen LogP contribution in [0.15, 0.2) is 0 Å². The average molecular weight is 205 g/mol. The number of rotatable bonds is 4. The first-order valence-corrected chi connectivity index (χ1v) is 4.51. The maximum atomic E-state index is 10.2. The number of aliphatic hydroxyl groups excluding tert-OH is 2. The van der Waals surface area contributed by atoms with Crippen LogP contribution in [0.1, 0.15) is 6.42 Å². The summed E-state index contributed by atoms with van der Waals surface area (Å²) in [6, 6.07) is 0. The van der Waals surface area contributed by atoms with E-state index in [1.807, 2.05) is 0 Å².